The van der Waals surface area contributed by atoms with Crippen molar-refractivity contribution < 1.29 is 13.9 Å². The van der Waals surface area contributed by atoms with Gasteiger partial charge in [-0.2, -0.15) is 0 Å². The molecule has 15 heavy (non-hydrogen) atoms. The first-order chi connectivity index (χ1) is 6.91. The Labute approximate surface area is 95.3 Å². The van der Waals surface area contributed by atoms with Gasteiger partial charge in [0.25, 0.3) is 0 Å². The van der Waals surface area contributed by atoms with E-state index in [1.54, 1.807) is 19.9 Å². The third-order valence-corrected chi connectivity index (χ3v) is 3.25. The van der Waals surface area contributed by atoms with Crippen molar-refractivity contribution in [3.63, 3.8) is 0 Å². The van der Waals surface area contributed by atoms with Crippen LogP contribution in [0.4, 0.5) is 0 Å². The maximum Gasteiger partial charge on any atom is 0.378 e. The van der Waals surface area contributed by atoms with Crippen LogP contribution in [0.15, 0.2) is 24.3 Å². The molecule has 1 aromatic rings. The Kier molecular flexibility index (Phi) is 4.29. The number of aryl methyl sites for hydroxylation is 1. The Balaban J connectivity index is 2.78. The summed E-state index contributed by atoms with van der Waals surface area (Å²) in [6.07, 6.45) is -0.148. The fourth-order valence-electron chi connectivity index (χ4n) is 1.07. The van der Waals surface area contributed by atoms with E-state index in [-0.39, 0.29) is 6.10 Å². The first-order valence-corrected chi connectivity index (χ1v) is 7.26. The zero-order valence-corrected chi connectivity index (χ0v) is 10.7. The first kappa shape index (κ1) is 12.7. The highest BCUT2D eigenvalue weighted by molar-refractivity contribution is 8.07. The summed E-state index contributed by atoms with van der Waals surface area (Å²) in [6, 6.07) is 7.37. The van der Waals surface area contributed by atoms with Gasteiger partial charge in [0, 0.05) is 11.8 Å². The number of rotatable bonds is 4. The van der Waals surface area contributed by atoms with Gasteiger partial charge in [-0.25, -0.2) is 0 Å². The molecule has 5 heteroatoms. The normalized spacial score (nSPS) is 15.0. The third kappa shape index (κ3) is 4.31. The van der Waals surface area contributed by atoms with E-state index in [9.17, 15) is 4.89 Å². The van der Waals surface area contributed by atoms with Gasteiger partial charge in [-0.3, -0.25) is 4.52 Å². The molecule has 0 aliphatic heterocycles. The average Bonchev–Trinajstić information content (AvgIpc) is 2.06. The van der Waals surface area contributed by atoms with Crippen LogP contribution < -0.4 is 4.52 Å². The second kappa shape index (κ2) is 5.08. The lowest BCUT2D eigenvalue weighted by molar-refractivity contribution is 0.202. The summed E-state index contributed by atoms with van der Waals surface area (Å²) in [5.74, 6) is 0.573. The van der Waals surface area contributed by atoms with Gasteiger partial charge in [-0.15, -0.1) is 0 Å². The van der Waals surface area contributed by atoms with Gasteiger partial charge in [-0.05, 0) is 32.4 Å². The maximum atomic E-state index is 9.74. The molecule has 1 rings (SSSR count). The first-order valence-electron chi connectivity index (χ1n) is 4.67. The topological polar surface area (TPSA) is 38.7 Å². The largest absolute Gasteiger partial charge is 0.424 e. The van der Waals surface area contributed by atoms with Crippen LogP contribution in [0.1, 0.15) is 19.4 Å². The molecule has 84 valence electrons. The Hall–Kier alpha value is -0.410. The number of para-hydroxylation sites is 1. The Morgan fingerprint density at radius 3 is 2.47 bits per heavy atom. The quantitative estimate of drug-likeness (QED) is 0.829. The van der Waals surface area contributed by atoms with E-state index in [4.69, 9.17) is 20.9 Å². The Morgan fingerprint density at radius 1 is 1.33 bits per heavy atom. The molecule has 0 spiro atoms. The zero-order chi connectivity index (χ0) is 11.5. The van der Waals surface area contributed by atoms with Crippen LogP contribution in [0.5, 0.6) is 5.75 Å². The van der Waals surface area contributed by atoms with Crippen LogP contribution in [-0.2, 0) is 16.3 Å². The van der Waals surface area contributed by atoms with Crippen molar-refractivity contribution in [1.82, 2.24) is 0 Å². The summed E-state index contributed by atoms with van der Waals surface area (Å²) in [6.45, 7) is 2.33. The molecule has 0 aromatic heterocycles. The maximum absolute atomic E-state index is 9.74. The molecular formula is C10H15O3PS. The highest BCUT2D eigenvalue weighted by Gasteiger charge is 2.19. The summed E-state index contributed by atoms with van der Waals surface area (Å²) >= 11 is 4.88. The molecule has 0 aliphatic carbocycles. The van der Waals surface area contributed by atoms with E-state index in [2.05, 4.69) is 0 Å². The molecule has 0 fully saturated rings. The Morgan fingerprint density at radius 2 is 1.93 bits per heavy atom. The minimum atomic E-state index is -3.16. The van der Waals surface area contributed by atoms with Gasteiger partial charge < -0.3 is 9.42 Å². The lowest BCUT2D eigenvalue weighted by atomic mass is 10.2. The molecule has 0 amide bonds. The summed E-state index contributed by atoms with van der Waals surface area (Å²) in [4.78, 5) is 9.74. The van der Waals surface area contributed by atoms with Gasteiger partial charge in [-0.1, -0.05) is 18.2 Å². The van der Waals surface area contributed by atoms with E-state index in [0.717, 1.165) is 5.56 Å². The van der Waals surface area contributed by atoms with Crippen molar-refractivity contribution in [3.8, 4) is 5.75 Å². The molecular weight excluding hydrogens is 231 g/mol. The fraction of sp³-hybridized carbons (Fsp3) is 0.400. The standard InChI is InChI=1S/C10H15O3PS/c1-8(2)12-14(11,15)13-10-7-5-4-6-9(10)3/h4-8H,1-3H3,(H,11,15). The van der Waals surface area contributed by atoms with Gasteiger partial charge in [0.1, 0.15) is 5.75 Å². The van der Waals surface area contributed by atoms with Gasteiger partial charge >= 0.3 is 6.72 Å². The molecule has 1 atom stereocenters. The SMILES string of the molecule is Cc1ccccc1OP(O)(=S)OC(C)C. The van der Waals surface area contributed by atoms with E-state index in [1.807, 2.05) is 25.1 Å². The molecule has 1 aromatic carbocycles. The molecule has 0 aliphatic rings. The average molecular weight is 246 g/mol. The van der Waals surface area contributed by atoms with Crippen molar-refractivity contribution in [3.05, 3.63) is 29.8 Å². The molecule has 0 radical (unpaired) electrons. The van der Waals surface area contributed by atoms with Crippen molar-refractivity contribution >= 4 is 18.5 Å². The second-order valence-electron chi connectivity index (χ2n) is 3.48. The summed E-state index contributed by atoms with van der Waals surface area (Å²) in [5.41, 5.74) is 0.924. The lowest BCUT2D eigenvalue weighted by Crippen LogP contribution is -2.04. The minimum absolute atomic E-state index is 0.148. The molecule has 1 unspecified atom stereocenters. The van der Waals surface area contributed by atoms with Gasteiger partial charge in [0.15, 0.2) is 0 Å². The van der Waals surface area contributed by atoms with E-state index >= 15 is 0 Å². The number of hydrogen-bond donors (Lipinski definition) is 1. The van der Waals surface area contributed by atoms with E-state index in [1.165, 1.54) is 0 Å². The van der Waals surface area contributed by atoms with Gasteiger partial charge in [0.05, 0.1) is 6.10 Å². The molecule has 1 N–H and O–H groups in total. The van der Waals surface area contributed by atoms with Crippen LogP contribution >= 0.6 is 6.72 Å². The Bertz CT molecular complexity index is 379. The smallest absolute Gasteiger partial charge is 0.378 e. The highest BCUT2D eigenvalue weighted by atomic mass is 32.5. The predicted molar refractivity (Wildman–Crippen MR) is 64.5 cm³/mol. The fourth-order valence-corrected chi connectivity index (χ4v) is 2.86. The zero-order valence-electron chi connectivity index (χ0n) is 9.01. The van der Waals surface area contributed by atoms with Crippen molar-refractivity contribution in [1.29, 1.82) is 0 Å². The summed E-state index contributed by atoms with van der Waals surface area (Å²) in [5, 5.41) is 0. The van der Waals surface area contributed by atoms with Crippen molar-refractivity contribution in [2.75, 3.05) is 0 Å². The molecule has 0 saturated carbocycles. The highest BCUT2D eigenvalue weighted by Crippen LogP contribution is 2.46. The van der Waals surface area contributed by atoms with Crippen LogP contribution in [0.3, 0.4) is 0 Å². The van der Waals surface area contributed by atoms with E-state index in [0.29, 0.717) is 5.75 Å². The van der Waals surface area contributed by atoms with Gasteiger partial charge in [0.2, 0.25) is 0 Å². The molecule has 3 nitrogen and oxygen atoms in total. The predicted octanol–water partition coefficient (Wildman–Crippen LogP) is 3.02. The molecule has 0 heterocycles. The molecule has 0 bridgehead atoms. The molecule has 0 saturated heterocycles. The van der Waals surface area contributed by atoms with Crippen LogP contribution in [0.2, 0.25) is 0 Å². The summed E-state index contributed by atoms with van der Waals surface area (Å²) in [7, 11) is 0. The lowest BCUT2D eigenvalue weighted by Gasteiger charge is -2.19. The van der Waals surface area contributed by atoms with E-state index < -0.39 is 6.72 Å². The third-order valence-electron chi connectivity index (χ3n) is 1.65. The number of benzene rings is 1. The number of hydrogen-bond acceptors (Lipinski definition) is 3. The summed E-state index contributed by atoms with van der Waals surface area (Å²) < 4.78 is 10.5. The van der Waals surface area contributed by atoms with Crippen LogP contribution in [0.25, 0.3) is 0 Å². The van der Waals surface area contributed by atoms with Crippen molar-refractivity contribution in [2.45, 2.75) is 26.9 Å². The minimum Gasteiger partial charge on any atom is -0.424 e. The second-order valence-corrected chi connectivity index (χ2v) is 6.19. The van der Waals surface area contributed by atoms with Crippen LogP contribution in [0, 0.1) is 6.92 Å². The monoisotopic (exact) mass is 246 g/mol. The van der Waals surface area contributed by atoms with Crippen LogP contribution in [-0.4, -0.2) is 11.0 Å². The van der Waals surface area contributed by atoms with Crippen molar-refractivity contribution in [2.24, 2.45) is 0 Å².